The van der Waals surface area contributed by atoms with Gasteiger partial charge in [0.05, 0.1) is 5.69 Å². The van der Waals surface area contributed by atoms with Gasteiger partial charge in [-0.1, -0.05) is 18.6 Å². The molecule has 1 aromatic heterocycles. The van der Waals surface area contributed by atoms with Crippen LogP contribution < -0.4 is 4.74 Å². The highest BCUT2D eigenvalue weighted by Crippen LogP contribution is 2.50. The number of hydrogen-bond donors (Lipinski definition) is 0. The predicted octanol–water partition coefficient (Wildman–Crippen LogP) is 4.14. The van der Waals surface area contributed by atoms with Gasteiger partial charge in [0, 0.05) is 17.3 Å². The summed E-state index contributed by atoms with van der Waals surface area (Å²) in [4.78, 5) is 8.97. The number of para-hydroxylation sites is 1. The molecule has 0 atom stereocenters. The lowest BCUT2D eigenvalue weighted by Gasteiger charge is -2.41. The molecule has 4 heteroatoms. The molecule has 2 aromatic rings. The van der Waals surface area contributed by atoms with Gasteiger partial charge in [-0.2, -0.15) is 0 Å². The summed E-state index contributed by atoms with van der Waals surface area (Å²) in [5.74, 6) is 0.796. The molecule has 21 heavy (non-hydrogen) atoms. The molecule has 0 saturated heterocycles. The van der Waals surface area contributed by atoms with Gasteiger partial charge < -0.3 is 4.74 Å². The van der Waals surface area contributed by atoms with Crippen LogP contribution in [0.3, 0.4) is 0 Å². The summed E-state index contributed by atoms with van der Waals surface area (Å²) < 4.78 is 20.4. The Kier molecular flexibility index (Phi) is 2.74. The molecule has 108 valence electrons. The van der Waals surface area contributed by atoms with Crippen molar-refractivity contribution in [3.63, 3.8) is 0 Å². The average molecular weight is 284 g/mol. The van der Waals surface area contributed by atoms with Crippen molar-refractivity contribution in [2.75, 3.05) is 0 Å². The van der Waals surface area contributed by atoms with E-state index in [-0.39, 0.29) is 5.82 Å². The van der Waals surface area contributed by atoms with E-state index in [1.807, 2.05) is 19.2 Å². The lowest BCUT2D eigenvalue weighted by atomic mass is 9.78. The van der Waals surface area contributed by atoms with E-state index in [1.54, 1.807) is 6.07 Å². The molecule has 2 aliphatic rings. The first-order valence-corrected chi connectivity index (χ1v) is 7.52. The SMILES string of the molecule is Cc1ncc2c(n1)C1(CCCCC1)Oc1c(F)cccc1-2. The fourth-order valence-corrected chi connectivity index (χ4v) is 3.54. The highest BCUT2D eigenvalue weighted by Gasteiger charge is 2.44. The van der Waals surface area contributed by atoms with E-state index in [0.717, 1.165) is 48.3 Å². The summed E-state index contributed by atoms with van der Waals surface area (Å²) in [5, 5.41) is 0. The van der Waals surface area contributed by atoms with E-state index in [1.165, 1.54) is 12.5 Å². The molecule has 0 amide bonds. The van der Waals surface area contributed by atoms with Crippen LogP contribution >= 0.6 is 0 Å². The number of ether oxygens (including phenoxy) is 1. The first-order valence-electron chi connectivity index (χ1n) is 7.52. The highest BCUT2D eigenvalue weighted by atomic mass is 19.1. The van der Waals surface area contributed by atoms with Gasteiger partial charge in [0.25, 0.3) is 0 Å². The van der Waals surface area contributed by atoms with E-state index < -0.39 is 5.60 Å². The second kappa shape index (κ2) is 4.52. The van der Waals surface area contributed by atoms with Crippen LogP contribution in [0.25, 0.3) is 11.1 Å². The maximum Gasteiger partial charge on any atom is 0.165 e. The second-order valence-electron chi connectivity index (χ2n) is 5.95. The van der Waals surface area contributed by atoms with Crippen molar-refractivity contribution in [2.45, 2.75) is 44.6 Å². The summed E-state index contributed by atoms with van der Waals surface area (Å²) in [5.41, 5.74) is 2.15. The van der Waals surface area contributed by atoms with Crippen molar-refractivity contribution in [1.29, 1.82) is 0 Å². The zero-order valence-corrected chi connectivity index (χ0v) is 12.0. The number of nitrogens with zero attached hydrogens (tertiary/aromatic N) is 2. The Balaban J connectivity index is 1.99. The van der Waals surface area contributed by atoms with Gasteiger partial charge in [-0.05, 0) is 38.7 Å². The Bertz CT molecular complexity index is 708. The van der Waals surface area contributed by atoms with Gasteiger partial charge in [-0.15, -0.1) is 0 Å². The molecule has 0 radical (unpaired) electrons. The zero-order chi connectivity index (χ0) is 14.4. The molecule has 3 nitrogen and oxygen atoms in total. The maximum absolute atomic E-state index is 14.2. The van der Waals surface area contributed by atoms with Crippen LogP contribution in [0.2, 0.25) is 0 Å². The minimum atomic E-state index is -0.476. The van der Waals surface area contributed by atoms with Gasteiger partial charge in [0.2, 0.25) is 0 Å². The highest BCUT2D eigenvalue weighted by molar-refractivity contribution is 5.75. The van der Waals surface area contributed by atoms with E-state index >= 15 is 0 Å². The van der Waals surface area contributed by atoms with E-state index in [2.05, 4.69) is 9.97 Å². The number of fused-ring (bicyclic) bond motifs is 4. The number of aromatic nitrogens is 2. The quantitative estimate of drug-likeness (QED) is 0.729. The number of hydrogen-bond acceptors (Lipinski definition) is 3. The standard InChI is InChI=1S/C17H17FN2O/c1-11-19-10-13-12-6-5-7-14(18)15(12)21-17(16(13)20-11)8-3-2-4-9-17/h5-7,10H,2-4,8-9H2,1H3. The molecule has 0 bridgehead atoms. The minimum absolute atomic E-state index is 0.302. The molecule has 1 fully saturated rings. The first kappa shape index (κ1) is 12.7. The number of aryl methyl sites for hydroxylation is 1. The zero-order valence-electron chi connectivity index (χ0n) is 12.0. The lowest BCUT2D eigenvalue weighted by molar-refractivity contribution is 0.0158. The average Bonchev–Trinajstić information content (AvgIpc) is 2.50. The lowest BCUT2D eigenvalue weighted by Crippen LogP contribution is -2.39. The van der Waals surface area contributed by atoms with Crippen molar-refractivity contribution >= 4 is 0 Å². The Hall–Kier alpha value is -1.97. The van der Waals surface area contributed by atoms with Crippen LogP contribution in [0.1, 0.15) is 43.6 Å². The molecule has 4 rings (SSSR count). The molecule has 0 N–H and O–H groups in total. The molecule has 1 aromatic carbocycles. The molecule has 2 heterocycles. The topological polar surface area (TPSA) is 35.0 Å². The smallest absolute Gasteiger partial charge is 0.165 e. The molecule has 1 spiro atoms. The second-order valence-corrected chi connectivity index (χ2v) is 5.95. The number of rotatable bonds is 0. The van der Waals surface area contributed by atoms with E-state index in [0.29, 0.717) is 5.75 Å². The van der Waals surface area contributed by atoms with Crippen molar-refractivity contribution < 1.29 is 9.13 Å². The fourth-order valence-electron chi connectivity index (χ4n) is 3.54. The Morgan fingerprint density at radius 1 is 1.14 bits per heavy atom. The van der Waals surface area contributed by atoms with Crippen LogP contribution in [0.4, 0.5) is 4.39 Å². The third kappa shape index (κ3) is 1.85. The van der Waals surface area contributed by atoms with Crippen molar-refractivity contribution in [1.82, 2.24) is 9.97 Å². The normalized spacial score (nSPS) is 18.8. The van der Waals surface area contributed by atoms with Crippen molar-refractivity contribution in [3.8, 4) is 16.9 Å². The first-order chi connectivity index (χ1) is 10.2. The van der Waals surface area contributed by atoms with Crippen LogP contribution in [0.15, 0.2) is 24.4 Å². The third-order valence-corrected chi connectivity index (χ3v) is 4.56. The Morgan fingerprint density at radius 2 is 1.95 bits per heavy atom. The Labute approximate surface area is 123 Å². The van der Waals surface area contributed by atoms with Crippen molar-refractivity contribution in [2.24, 2.45) is 0 Å². The van der Waals surface area contributed by atoms with E-state index in [9.17, 15) is 4.39 Å². The summed E-state index contributed by atoms with van der Waals surface area (Å²) in [6, 6.07) is 5.04. The van der Waals surface area contributed by atoms with Gasteiger partial charge in [0.15, 0.2) is 17.2 Å². The van der Waals surface area contributed by atoms with Crippen LogP contribution in [0.5, 0.6) is 5.75 Å². The summed E-state index contributed by atoms with van der Waals surface area (Å²) in [7, 11) is 0. The fraction of sp³-hybridized carbons (Fsp3) is 0.412. The van der Waals surface area contributed by atoms with Crippen LogP contribution in [0, 0.1) is 12.7 Å². The Morgan fingerprint density at radius 3 is 2.76 bits per heavy atom. The predicted molar refractivity (Wildman–Crippen MR) is 77.6 cm³/mol. The monoisotopic (exact) mass is 284 g/mol. The third-order valence-electron chi connectivity index (χ3n) is 4.56. The van der Waals surface area contributed by atoms with E-state index in [4.69, 9.17) is 4.74 Å². The minimum Gasteiger partial charge on any atom is -0.477 e. The van der Waals surface area contributed by atoms with Gasteiger partial charge in [0.1, 0.15) is 5.82 Å². The van der Waals surface area contributed by atoms with Crippen molar-refractivity contribution in [3.05, 3.63) is 41.7 Å². The number of benzene rings is 1. The molecule has 1 saturated carbocycles. The largest absolute Gasteiger partial charge is 0.477 e. The molecule has 1 aliphatic heterocycles. The molecule has 0 unspecified atom stereocenters. The molecule has 1 aliphatic carbocycles. The van der Waals surface area contributed by atoms with Gasteiger partial charge in [-0.25, -0.2) is 14.4 Å². The summed E-state index contributed by atoms with van der Waals surface area (Å²) >= 11 is 0. The number of halogens is 1. The summed E-state index contributed by atoms with van der Waals surface area (Å²) in [6.07, 6.45) is 6.98. The molecular formula is C17H17FN2O. The van der Waals surface area contributed by atoms with Gasteiger partial charge in [-0.3, -0.25) is 0 Å². The van der Waals surface area contributed by atoms with Crippen LogP contribution in [-0.2, 0) is 5.60 Å². The summed E-state index contributed by atoms with van der Waals surface area (Å²) in [6.45, 7) is 1.89. The maximum atomic E-state index is 14.2. The van der Waals surface area contributed by atoms with Crippen LogP contribution in [-0.4, -0.2) is 9.97 Å². The van der Waals surface area contributed by atoms with Gasteiger partial charge >= 0.3 is 0 Å². The molecular weight excluding hydrogens is 267 g/mol.